The summed E-state index contributed by atoms with van der Waals surface area (Å²) in [7, 11) is 0. The van der Waals surface area contributed by atoms with E-state index >= 15 is 0 Å². The number of hydrogen-bond donors (Lipinski definition) is 1. The van der Waals surface area contributed by atoms with E-state index in [0.29, 0.717) is 5.15 Å². The average Bonchev–Trinajstić information content (AvgIpc) is 2.68. The van der Waals surface area contributed by atoms with Gasteiger partial charge in [-0.1, -0.05) is 49.7 Å². The molecule has 27 heavy (non-hydrogen) atoms. The van der Waals surface area contributed by atoms with E-state index in [1.807, 2.05) is 37.3 Å². The molecule has 0 fully saturated rings. The first kappa shape index (κ1) is 19.1. The fourth-order valence-electron chi connectivity index (χ4n) is 2.98. The zero-order valence-corrected chi connectivity index (χ0v) is 16.4. The van der Waals surface area contributed by atoms with Crippen LogP contribution in [0.5, 0.6) is 0 Å². The highest BCUT2D eigenvalue weighted by Crippen LogP contribution is 2.34. The number of carbonyl (C=O) groups excluding carboxylic acids is 1. The first-order chi connectivity index (χ1) is 12.9. The van der Waals surface area contributed by atoms with Crippen molar-refractivity contribution in [1.29, 1.82) is 0 Å². The second kappa shape index (κ2) is 7.89. The quantitative estimate of drug-likeness (QED) is 0.608. The highest BCUT2D eigenvalue weighted by Gasteiger charge is 2.38. The number of anilines is 1. The molecule has 5 heteroatoms. The summed E-state index contributed by atoms with van der Waals surface area (Å²) in [6.07, 6.45) is 5.07. The van der Waals surface area contributed by atoms with Crippen LogP contribution in [0.4, 0.5) is 5.69 Å². The van der Waals surface area contributed by atoms with Crippen LogP contribution in [-0.4, -0.2) is 15.9 Å². The van der Waals surface area contributed by atoms with Crippen LogP contribution in [0.25, 0.3) is 11.1 Å². The van der Waals surface area contributed by atoms with Crippen molar-refractivity contribution in [3.05, 3.63) is 77.8 Å². The maximum Gasteiger partial charge on any atom is 0.235 e. The maximum absolute atomic E-state index is 13.1. The molecule has 0 aliphatic heterocycles. The second-order valence-electron chi connectivity index (χ2n) is 6.99. The molecule has 1 amide bonds. The normalized spacial score (nSPS) is 13.2. The molecule has 0 aliphatic carbocycles. The molecule has 138 valence electrons. The largest absolute Gasteiger partial charge is 0.325 e. The van der Waals surface area contributed by atoms with E-state index in [4.69, 9.17) is 11.6 Å². The molecular formula is C22H22ClN3O. The van der Waals surface area contributed by atoms with Gasteiger partial charge in [0.15, 0.2) is 0 Å². The summed E-state index contributed by atoms with van der Waals surface area (Å²) < 4.78 is 0. The first-order valence-electron chi connectivity index (χ1n) is 8.85. The Labute approximate surface area is 164 Å². The van der Waals surface area contributed by atoms with Crippen molar-refractivity contribution < 1.29 is 4.79 Å². The smallest absolute Gasteiger partial charge is 0.235 e. The monoisotopic (exact) mass is 379 g/mol. The van der Waals surface area contributed by atoms with Crippen LogP contribution in [0.15, 0.2) is 67.1 Å². The molecule has 2 heterocycles. The molecular weight excluding hydrogens is 358 g/mol. The lowest BCUT2D eigenvalue weighted by Gasteiger charge is -2.33. The average molecular weight is 380 g/mol. The second-order valence-corrected chi connectivity index (χ2v) is 7.38. The third kappa shape index (κ3) is 4.01. The van der Waals surface area contributed by atoms with Crippen molar-refractivity contribution in [2.24, 2.45) is 5.92 Å². The van der Waals surface area contributed by atoms with Crippen LogP contribution >= 0.6 is 11.6 Å². The fraction of sp³-hybridized carbons (Fsp3) is 0.227. The number of nitrogens with zero attached hydrogens (tertiary/aromatic N) is 2. The van der Waals surface area contributed by atoms with Gasteiger partial charge in [-0.15, -0.1) is 0 Å². The number of hydrogen-bond acceptors (Lipinski definition) is 3. The molecule has 4 nitrogen and oxygen atoms in total. The van der Waals surface area contributed by atoms with Gasteiger partial charge in [0.25, 0.3) is 0 Å². The minimum Gasteiger partial charge on any atom is -0.325 e. The van der Waals surface area contributed by atoms with Crippen LogP contribution in [0.3, 0.4) is 0 Å². The lowest BCUT2D eigenvalue weighted by atomic mass is 9.72. The Hall–Kier alpha value is -2.72. The molecule has 0 radical (unpaired) electrons. The predicted molar refractivity (Wildman–Crippen MR) is 110 cm³/mol. The molecule has 3 aromatic rings. The molecule has 0 spiro atoms. The highest BCUT2D eigenvalue weighted by molar-refractivity contribution is 6.29. The van der Waals surface area contributed by atoms with Gasteiger partial charge in [-0.25, -0.2) is 4.98 Å². The molecule has 0 saturated carbocycles. The SMILES string of the molecule is CC(C)[C@](C)(C(=O)Nc1ccncc1)c1ccc(-c2ccc(Cl)nc2)cc1. The first-order valence-corrected chi connectivity index (χ1v) is 9.23. The van der Waals surface area contributed by atoms with Gasteiger partial charge in [0, 0.05) is 29.8 Å². The molecule has 2 aromatic heterocycles. The summed E-state index contributed by atoms with van der Waals surface area (Å²) in [5.41, 5.74) is 3.06. The fourth-order valence-corrected chi connectivity index (χ4v) is 3.09. The third-order valence-corrected chi connectivity index (χ3v) is 5.33. The van der Waals surface area contributed by atoms with Gasteiger partial charge in [0.2, 0.25) is 5.91 Å². The van der Waals surface area contributed by atoms with Crippen molar-refractivity contribution in [3.63, 3.8) is 0 Å². The van der Waals surface area contributed by atoms with E-state index in [-0.39, 0.29) is 11.8 Å². The highest BCUT2D eigenvalue weighted by atomic mass is 35.5. The van der Waals surface area contributed by atoms with Gasteiger partial charge in [-0.05, 0) is 48.2 Å². The van der Waals surface area contributed by atoms with E-state index in [0.717, 1.165) is 22.4 Å². The van der Waals surface area contributed by atoms with Crippen molar-refractivity contribution in [2.45, 2.75) is 26.2 Å². The number of amides is 1. The molecule has 3 rings (SSSR count). The molecule has 0 aliphatic rings. The number of aromatic nitrogens is 2. The molecule has 1 aromatic carbocycles. The van der Waals surface area contributed by atoms with Crippen LogP contribution in [0.2, 0.25) is 5.15 Å². The maximum atomic E-state index is 13.1. The van der Waals surface area contributed by atoms with E-state index in [2.05, 4.69) is 29.1 Å². The van der Waals surface area contributed by atoms with Crippen molar-refractivity contribution in [2.75, 3.05) is 5.32 Å². The lowest BCUT2D eigenvalue weighted by molar-refractivity contribution is -0.122. The Kier molecular flexibility index (Phi) is 5.57. The molecule has 0 bridgehead atoms. The zero-order valence-electron chi connectivity index (χ0n) is 15.6. The zero-order chi connectivity index (χ0) is 19.4. The number of halogens is 1. The van der Waals surface area contributed by atoms with Crippen LogP contribution in [-0.2, 0) is 10.2 Å². The van der Waals surface area contributed by atoms with Crippen LogP contribution in [0, 0.1) is 5.92 Å². The summed E-state index contributed by atoms with van der Waals surface area (Å²) in [4.78, 5) is 21.2. The number of rotatable bonds is 5. The summed E-state index contributed by atoms with van der Waals surface area (Å²) in [5.74, 6) is 0.0759. The third-order valence-electron chi connectivity index (χ3n) is 5.11. The summed E-state index contributed by atoms with van der Waals surface area (Å²) in [6.45, 7) is 6.10. The van der Waals surface area contributed by atoms with Gasteiger partial charge in [-0.2, -0.15) is 0 Å². The minimum absolute atomic E-state index is 0.0374. The van der Waals surface area contributed by atoms with Gasteiger partial charge in [0.1, 0.15) is 5.15 Å². The Morgan fingerprint density at radius 2 is 1.63 bits per heavy atom. The topological polar surface area (TPSA) is 54.9 Å². The molecule has 1 N–H and O–H groups in total. The molecule has 0 saturated heterocycles. The number of benzene rings is 1. The minimum atomic E-state index is -0.667. The van der Waals surface area contributed by atoms with Crippen molar-refractivity contribution >= 4 is 23.2 Å². The Balaban J connectivity index is 1.89. The van der Waals surface area contributed by atoms with Crippen LogP contribution < -0.4 is 5.32 Å². The Morgan fingerprint density at radius 1 is 1.00 bits per heavy atom. The summed E-state index contributed by atoms with van der Waals surface area (Å²) in [6, 6.07) is 15.3. The molecule has 0 unspecified atom stereocenters. The predicted octanol–water partition coefficient (Wildman–Crippen LogP) is 5.35. The van der Waals surface area contributed by atoms with Crippen LogP contribution in [0.1, 0.15) is 26.3 Å². The standard InChI is InChI=1S/C22H22ClN3O/c1-15(2)22(3,21(27)26-19-10-12-24-13-11-19)18-7-4-16(5-8-18)17-6-9-20(23)25-14-17/h4-15H,1-3H3,(H,24,26,27)/t22-/m0/s1. The number of carbonyl (C=O) groups is 1. The Bertz CT molecular complexity index is 909. The van der Waals surface area contributed by atoms with Gasteiger partial charge in [0.05, 0.1) is 5.41 Å². The van der Waals surface area contributed by atoms with E-state index in [9.17, 15) is 4.79 Å². The van der Waals surface area contributed by atoms with E-state index in [1.54, 1.807) is 36.8 Å². The van der Waals surface area contributed by atoms with Crippen molar-refractivity contribution in [3.8, 4) is 11.1 Å². The van der Waals surface area contributed by atoms with Gasteiger partial charge >= 0.3 is 0 Å². The lowest BCUT2D eigenvalue weighted by Crippen LogP contribution is -2.42. The summed E-state index contributed by atoms with van der Waals surface area (Å²) >= 11 is 5.86. The van der Waals surface area contributed by atoms with E-state index < -0.39 is 5.41 Å². The van der Waals surface area contributed by atoms with Gasteiger partial charge < -0.3 is 5.32 Å². The number of nitrogens with one attached hydrogen (secondary N) is 1. The van der Waals surface area contributed by atoms with Crippen molar-refractivity contribution in [1.82, 2.24) is 9.97 Å². The number of pyridine rings is 2. The van der Waals surface area contributed by atoms with Gasteiger partial charge in [-0.3, -0.25) is 9.78 Å². The van der Waals surface area contributed by atoms with E-state index in [1.165, 1.54) is 0 Å². The molecule has 1 atom stereocenters. The summed E-state index contributed by atoms with van der Waals surface area (Å²) in [5, 5.41) is 3.48. The Morgan fingerprint density at radius 3 is 2.19 bits per heavy atom.